The van der Waals surface area contributed by atoms with Crippen LogP contribution < -0.4 is 16.0 Å². The predicted octanol–water partition coefficient (Wildman–Crippen LogP) is 2.92. The van der Waals surface area contributed by atoms with E-state index in [-0.39, 0.29) is 0 Å². The maximum absolute atomic E-state index is 11.7. The lowest BCUT2D eigenvalue weighted by molar-refractivity contribution is 0.0636. The first-order valence-corrected chi connectivity index (χ1v) is 8.45. The number of nitrogens with one attached hydrogen (secondary N) is 3. The van der Waals surface area contributed by atoms with Crippen LogP contribution in [0.4, 0.5) is 10.5 Å². The maximum Gasteiger partial charge on any atom is 0.412 e. The highest BCUT2D eigenvalue weighted by molar-refractivity contribution is 5.84. The summed E-state index contributed by atoms with van der Waals surface area (Å²) in [5.74, 6) is 0. The quantitative estimate of drug-likeness (QED) is 0.706. The van der Waals surface area contributed by atoms with Crippen LogP contribution in [-0.2, 0) is 11.2 Å². The van der Waals surface area contributed by atoms with Crippen LogP contribution in [0.1, 0.15) is 39.2 Å². The molecule has 1 saturated heterocycles. The monoisotopic (exact) mass is 319 g/mol. The van der Waals surface area contributed by atoms with Gasteiger partial charge in [-0.3, -0.25) is 5.32 Å². The number of anilines is 1. The fourth-order valence-corrected chi connectivity index (χ4v) is 2.62. The van der Waals surface area contributed by atoms with Crippen molar-refractivity contribution in [2.24, 2.45) is 0 Å². The van der Waals surface area contributed by atoms with E-state index in [9.17, 15) is 4.79 Å². The van der Waals surface area contributed by atoms with Crippen molar-refractivity contribution in [3.63, 3.8) is 0 Å². The average Bonchev–Trinajstić information content (AvgIpc) is 2.96. The van der Waals surface area contributed by atoms with Crippen LogP contribution >= 0.6 is 0 Å². The SMILES string of the molecule is CC(C)(C)OC(=O)Nc1ccc(CCNCC2CCCN2)cc1. The highest BCUT2D eigenvalue weighted by Crippen LogP contribution is 2.13. The Balaban J connectivity index is 1.68. The lowest BCUT2D eigenvalue weighted by atomic mass is 10.1. The van der Waals surface area contributed by atoms with Gasteiger partial charge in [-0.25, -0.2) is 4.79 Å². The third-order valence-corrected chi connectivity index (χ3v) is 3.74. The molecule has 0 aromatic heterocycles. The molecule has 5 nitrogen and oxygen atoms in total. The molecule has 0 bridgehead atoms. The number of carbonyl (C=O) groups is 1. The Labute approximate surface area is 139 Å². The van der Waals surface area contributed by atoms with E-state index in [1.54, 1.807) is 0 Å². The normalized spacial score (nSPS) is 18.0. The first kappa shape index (κ1) is 17.8. The lowest BCUT2D eigenvalue weighted by Crippen LogP contribution is -2.34. The zero-order valence-corrected chi connectivity index (χ0v) is 14.4. The number of benzene rings is 1. The Morgan fingerprint density at radius 3 is 2.65 bits per heavy atom. The van der Waals surface area contributed by atoms with Crippen LogP contribution in [0.3, 0.4) is 0 Å². The number of hydrogen-bond donors (Lipinski definition) is 3. The fraction of sp³-hybridized carbons (Fsp3) is 0.611. The van der Waals surface area contributed by atoms with Crippen molar-refractivity contribution in [3.8, 4) is 0 Å². The van der Waals surface area contributed by atoms with Crippen LogP contribution in [0.2, 0.25) is 0 Å². The van der Waals surface area contributed by atoms with Gasteiger partial charge in [-0.05, 0) is 70.8 Å². The van der Waals surface area contributed by atoms with E-state index in [1.807, 2.05) is 45.0 Å². The van der Waals surface area contributed by atoms with Crippen LogP contribution in [0, 0.1) is 0 Å². The molecule has 1 aliphatic rings. The molecule has 1 atom stereocenters. The average molecular weight is 319 g/mol. The number of amides is 1. The van der Waals surface area contributed by atoms with Gasteiger partial charge in [-0.1, -0.05) is 12.1 Å². The smallest absolute Gasteiger partial charge is 0.412 e. The molecule has 2 rings (SSSR count). The molecule has 1 aliphatic heterocycles. The molecule has 1 heterocycles. The third-order valence-electron chi connectivity index (χ3n) is 3.74. The van der Waals surface area contributed by atoms with Crippen molar-refractivity contribution in [2.75, 3.05) is 25.0 Å². The Bertz CT molecular complexity index is 488. The van der Waals surface area contributed by atoms with E-state index >= 15 is 0 Å². The van der Waals surface area contributed by atoms with Gasteiger partial charge in [0.15, 0.2) is 0 Å². The van der Waals surface area contributed by atoms with Gasteiger partial charge in [0.25, 0.3) is 0 Å². The first-order valence-electron chi connectivity index (χ1n) is 8.45. The molecule has 1 unspecified atom stereocenters. The molecule has 5 heteroatoms. The molecule has 0 saturated carbocycles. The maximum atomic E-state index is 11.7. The molecular formula is C18H29N3O2. The summed E-state index contributed by atoms with van der Waals surface area (Å²) >= 11 is 0. The number of hydrogen-bond acceptors (Lipinski definition) is 4. The Morgan fingerprint density at radius 2 is 2.04 bits per heavy atom. The summed E-state index contributed by atoms with van der Waals surface area (Å²) < 4.78 is 5.23. The highest BCUT2D eigenvalue weighted by atomic mass is 16.6. The summed E-state index contributed by atoms with van der Waals surface area (Å²) in [5.41, 5.74) is 1.53. The zero-order valence-electron chi connectivity index (χ0n) is 14.4. The van der Waals surface area contributed by atoms with E-state index in [2.05, 4.69) is 16.0 Å². The van der Waals surface area contributed by atoms with Crippen molar-refractivity contribution < 1.29 is 9.53 Å². The third kappa shape index (κ3) is 7.01. The Morgan fingerprint density at radius 1 is 1.30 bits per heavy atom. The summed E-state index contributed by atoms with van der Waals surface area (Å²) in [6, 6.07) is 8.55. The predicted molar refractivity (Wildman–Crippen MR) is 93.9 cm³/mol. The van der Waals surface area contributed by atoms with E-state index in [4.69, 9.17) is 4.74 Å². The Kier molecular flexibility index (Phi) is 6.42. The molecule has 1 aromatic carbocycles. The second kappa shape index (κ2) is 8.31. The van der Waals surface area contributed by atoms with Crippen molar-refractivity contribution in [2.45, 2.75) is 51.7 Å². The van der Waals surface area contributed by atoms with Crippen molar-refractivity contribution in [3.05, 3.63) is 29.8 Å². The zero-order chi connectivity index (χ0) is 16.7. The van der Waals surface area contributed by atoms with Crippen LogP contribution in [-0.4, -0.2) is 37.4 Å². The minimum atomic E-state index is -0.482. The Hall–Kier alpha value is -1.59. The van der Waals surface area contributed by atoms with Gasteiger partial charge >= 0.3 is 6.09 Å². The van der Waals surface area contributed by atoms with Gasteiger partial charge in [-0.15, -0.1) is 0 Å². The molecule has 1 fully saturated rings. The lowest BCUT2D eigenvalue weighted by Gasteiger charge is -2.19. The minimum absolute atomic E-state index is 0.420. The topological polar surface area (TPSA) is 62.4 Å². The van der Waals surface area contributed by atoms with Crippen molar-refractivity contribution in [1.29, 1.82) is 0 Å². The highest BCUT2D eigenvalue weighted by Gasteiger charge is 2.16. The van der Waals surface area contributed by atoms with Gasteiger partial charge in [0, 0.05) is 18.3 Å². The van der Waals surface area contributed by atoms with Crippen molar-refractivity contribution in [1.82, 2.24) is 10.6 Å². The summed E-state index contributed by atoms with van der Waals surface area (Å²) in [6.07, 6.45) is 3.13. The van der Waals surface area contributed by atoms with Gasteiger partial charge in [-0.2, -0.15) is 0 Å². The van der Waals surface area contributed by atoms with E-state index in [0.29, 0.717) is 6.04 Å². The van der Waals surface area contributed by atoms with Crippen LogP contribution in [0.5, 0.6) is 0 Å². The number of ether oxygens (including phenoxy) is 1. The van der Waals surface area contributed by atoms with Crippen molar-refractivity contribution >= 4 is 11.8 Å². The largest absolute Gasteiger partial charge is 0.444 e. The van der Waals surface area contributed by atoms with E-state index in [0.717, 1.165) is 31.7 Å². The second-order valence-corrected chi connectivity index (χ2v) is 7.07. The summed E-state index contributed by atoms with van der Waals surface area (Å²) in [7, 11) is 0. The molecule has 0 spiro atoms. The summed E-state index contributed by atoms with van der Waals surface area (Å²) in [4.78, 5) is 11.7. The molecule has 3 N–H and O–H groups in total. The summed E-state index contributed by atoms with van der Waals surface area (Å²) in [6.45, 7) is 8.71. The minimum Gasteiger partial charge on any atom is -0.444 e. The number of carbonyl (C=O) groups excluding carboxylic acids is 1. The molecular weight excluding hydrogens is 290 g/mol. The molecule has 128 valence electrons. The van der Waals surface area contributed by atoms with Gasteiger partial charge < -0.3 is 15.4 Å². The van der Waals surface area contributed by atoms with Crippen LogP contribution in [0.15, 0.2) is 24.3 Å². The van der Waals surface area contributed by atoms with Gasteiger partial charge in [0.2, 0.25) is 0 Å². The van der Waals surface area contributed by atoms with Gasteiger partial charge in [0.1, 0.15) is 5.60 Å². The molecule has 0 aliphatic carbocycles. The molecule has 1 aromatic rings. The van der Waals surface area contributed by atoms with E-state index < -0.39 is 11.7 Å². The first-order chi connectivity index (χ1) is 10.9. The second-order valence-electron chi connectivity index (χ2n) is 7.07. The van der Waals surface area contributed by atoms with E-state index in [1.165, 1.54) is 18.4 Å². The van der Waals surface area contributed by atoms with Crippen LogP contribution in [0.25, 0.3) is 0 Å². The molecule has 23 heavy (non-hydrogen) atoms. The molecule has 0 radical (unpaired) electrons. The summed E-state index contributed by atoms with van der Waals surface area (Å²) in [5, 5.41) is 9.72. The molecule has 1 amide bonds. The van der Waals surface area contributed by atoms with Gasteiger partial charge in [0.05, 0.1) is 0 Å². The fourth-order valence-electron chi connectivity index (χ4n) is 2.62. The standard InChI is InChI=1S/C18H29N3O2/c1-18(2,3)23-17(22)21-15-8-6-14(7-9-15)10-12-19-13-16-5-4-11-20-16/h6-9,16,19-20H,4-5,10-13H2,1-3H3,(H,21,22). The number of rotatable bonds is 6.